The first-order valence-corrected chi connectivity index (χ1v) is 6.53. The number of aliphatic hydroxyl groups is 3. The fraction of sp³-hybridized carbons (Fsp3) is 0.357. The number of hydrogen-bond donors (Lipinski definition) is 6. The lowest BCUT2D eigenvalue weighted by molar-refractivity contribution is -0.141. The minimum Gasteiger partial charge on any atom is -0.480 e. The van der Waals surface area contributed by atoms with Crippen LogP contribution in [0.25, 0.3) is 10.9 Å². The number of aromatic amines is 1. The van der Waals surface area contributed by atoms with Crippen molar-refractivity contribution in [1.82, 2.24) is 10.3 Å². The summed E-state index contributed by atoms with van der Waals surface area (Å²) in [7, 11) is 0. The first-order chi connectivity index (χ1) is 10.0. The highest BCUT2D eigenvalue weighted by atomic mass is 16.4. The molecule has 0 aliphatic rings. The number of fused-ring (bicyclic) bond motifs is 1. The highest BCUT2D eigenvalue weighted by molar-refractivity contribution is 5.84. The predicted octanol–water partition coefficient (Wildman–Crippen LogP) is -0.575. The summed E-state index contributed by atoms with van der Waals surface area (Å²) in [6.07, 6.45) is -1.10. The Labute approximate surface area is 120 Å². The van der Waals surface area contributed by atoms with Crippen LogP contribution in [-0.2, 0) is 11.2 Å². The standard InChI is InChI=1S/C14H18N2O5/c17-7-12(18)13(19)16-11(14(20)21)5-8-6-15-10-4-2-1-3-9(8)10/h1-4,6,11-13,15-19H,5,7H2,(H,20,21)/t11-,12?,13?/m1/s1. The quantitative estimate of drug-likeness (QED) is 0.380. The molecule has 2 rings (SSSR count). The third-order valence-electron chi connectivity index (χ3n) is 3.32. The number of nitrogens with one attached hydrogen (secondary N) is 2. The normalized spacial score (nSPS) is 15.8. The van der Waals surface area contributed by atoms with Gasteiger partial charge >= 0.3 is 5.97 Å². The molecule has 1 aromatic carbocycles. The molecule has 0 amide bonds. The molecule has 0 spiro atoms. The van der Waals surface area contributed by atoms with Crippen molar-refractivity contribution in [3.63, 3.8) is 0 Å². The molecule has 7 nitrogen and oxygen atoms in total. The Hall–Kier alpha value is -1.93. The Morgan fingerprint density at radius 3 is 2.67 bits per heavy atom. The Morgan fingerprint density at radius 1 is 1.29 bits per heavy atom. The van der Waals surface area contributed by atoms with Crippen LogP contribution in [0.2, 0.25) is 0 Å². The molecule has 7 heteroatoms. The first kappa shape index (κ1) is 15.5. The summed E-state index contributed by atoms with van der Waals surface area (Å²) in [6, 6.07) is 6.40. The SMILES string of the molecule is O=C(O)[C@@H](Cc1c[nH]c2ccccc12)NC(O)C(O)CO. The van der Waals surface area contributed by atoms with Crippen molar-refractivity contribution in [3.8, 4) is 0 Å². The van der Waals surface area contributed by atoms with Gasteiger partial charge < -0.3 is 25.4 Å². The Kier molecular flexibility index (Phi) is 4.92. The Bertz CT molecular complexity index is 612. The number of benzene rings is 1. The van der Waals surface area contributed by atoms with E-state index in [0.29, 0.717) is 0 Å². The number of hydrogen-bond acceptors (Lipinski definition) is 5. The first-order valence-electron chi connectivity index (χ1n) is 6.53. The summed E-state index contributed by atoms with van der Waals surface area (Å²) in [5, 5.41) is 40.2. The molecule has 3 atom stereocenters. The number of carbonyl (C=O) groups is 1. The predicted molar refractivity (Wildman–Crippen MR) is 75.7 cm³/mol. The fourth-order valence-corrected chi connectivity index (χ4v) is 2.15. The molecular weight excluding hydrogens is 276 g/mol. The molecule has 0 radical (unpaired) electrons. The molecule has 1 aromatic heterocycles. The molecule has 114 valence electrons. The van der Waals surface area contributed by atoms with Gasteiger partial charge in [-0.05, 0) is 11.6 Å². The second-order valence-electron chi connectivity index (χ2n) is 4.82. The summed E-state index contributed by atoms with van der Waals surface area (Å²) in [5.41, 5.74) is 1.68. The number of rotatable bonds is 7. The van der Waals surface area contributed by atoms with Crippen LogP contribution in [-0.4, -0.2) is 56.4 Å². The zero-order chi connectivity index (χ0) is 15.4. The lowest BCUT2D eigenvalue weighted by Crippen LogP contribution is -2.50. The van der Waals surface area contributed by atoms with E-state index in [-0.39, 0.29) is 6.42 Å². The largest absolute Gasteiger partial charge is 0.480 e. The highest BCUT2D eigenvalue weighted by Gasteiger charge is 2.25. The molecule has 0 aliphatic heterocycles. The monoisotopic (exact) mass is 294 g/mol. The molecule has 0 bridgehead atoms. The maximum absolute atomic E-state index is 11.3. The number of aliphatic hydroxyl groups excluding tert-OH is 3. The molecule has 0 aliphatic carbocycles. The molecule has 21 heavy (non-hydrogen) atoms. The van der Waals surface area contributed by atoms with E-state index in [4.69, 9.17) is 5.11 Å². The van der Waals surface area contributed by atoms with Gasteiger partial charge in [0.2, 0.25) is 0 Å². The molecule has 6 N–H and O–H groups in total. The fourth-order valence-electron chi connectivity index (χ4n) is 2.15. The molecule has 1 heterocycles. The summed E-state index contributed by atoms with van der Waals surface area (Å²) >= 11 is 0. The van der Waals surface area contributed by atoms with E-state index >= 15 is 0 Å². The van der Waals surface area contributed by atoms with E-state index in [1.54, 1.807) is 6.20 Å². The van der Waals surface area contributed by atoms with Gasteiger partial charge in [-0.25, -0.2) is 0 Å². The lowest BCUT2D eigenvalue weighted by atomic mass is 10.0. The van der Waals surface area contributed by atoms with Crippen LogP contribution >= 0.6 is 0 Å². The Morgan fingerprint density at radius 2 is 2.00 bits per heavy atom. The van der Waals surface area contributed by atoms with Gasteiger partial charge in [0.05, 0.1) is 6.61 Å². The number of aliphatic carboxylic acids is 1. The van der Waals surface area contributed by atoms with Crippen LogP contribution < -0.4 is 5.32 Å². The number of carboxylic acid groups (broad SMARTS) is 1. The minimum atomic E-state index is -1.51. The van der Waals surface area contributed by atoms with Gasteiger partial charge in [-0.3, -0.25) is 10.1 Å². The smallest absolute Gasteiger partial charge is 0.321 e. The van der Waals surface area contributed by atoms with E-state index < -0.39 is 30.9 Å². The third-order valence-corrected chi connectivity index (χ3v) is 3.32. The van der Waals surface area contributed by atoms with Gasteiger partial charge in [0, 0.05) is 23.5 Å². The van der Waals surface area contributed by atoms with Crippen LogP contribution in [0.1, 0.15) is 5.56 Å². The highest BCUT2D eigenvalue weighted by Crippen LogP contribution is 2.19. The van der Waals surface area contributed by atoms with Crippen LogP contribution in [0.3, 0.4) is 0 Å². The number of para-hydroxylation sites is 1. The van der Waals surface area contributed by atoms with Crippen molar-refractivity contribution >= 4 is 16.9 Å². The van der Waals surface area contributed by atoms with Crippen molar-refractivity contribution in [2.24, 2.45) is 0 Å². The van der Waals surface area contributed by atoms with Crippen LogP contribution in [0.4, 0.5) is 0 Å². The van der Waals surface area contributed by atoms with Gasteiger partial charge in [0.15, 0.2) is 0 Å². The number of carboxylic acids is 1. The maximum atomic E-state index is 11.3. The zero-order valence-corrected chi connectivity index (χ0v) is 11.2. The van der Waals surface area contributed by atoms with Gasteiger partial charge in [-0.1, -0.05) is 18.2 Å². The van der Waals surface area contributed by atoms with Crippen molar-refractivity contribution < 1.29 is 25.2 Å². The van der Waals surface area contributed by atoms with Crippen molar-refractivity contribution in [3.05, 3.63) is 36.0 Å². The van der Waals surface area contributed by atoms with Gasteiger partial charge in [0.25, 0.3) is 0 Å². The van der Waals surface area contributed by atoms with Crippen molar-refractivity contribution in [2.45, 2.75) is 24.8 Å². The molecule has 0 fully saturated rings. The molecule has 0 saturated heterocycles. The molecule has 0 saturated carbocycles. The van der Waals surface area contributed by atoms with Crippen LogP contribution in [0.5, 0.6) is 0 Å². The lowest BCUT2D eigenvalue weighted by Gasteiger charge is -2.22. The summed E-state index contributed by atoms with van der Waals surface area (Å²) in [5.74, 6) is -1.15. The molecule has 2 aromatic rings. The van der Waals surface area contributed by atoms with E-state index in [9.17, 15) is 20.1 Å². The van der Waals surface area contributed by atoms with Gasteiger partial charge in [0.1, 0.15) is 18.4 Å². The maximum Gasteiger partial charge on any atom is 0.321 e. The average molecular weight is 294 g/mol. The molecule has 2 unspecified atom stereocenters. The Balaban J connectivity index is 2.15. The number of H-pyrrole nitrogens is 1. The van der Waals surface area contributed by atoms with E-state index in [2.05, 4.69) is 10.3 Å². The number of aromatic nitrogens is 1. The summed E-state index contributed by atoms with van der Waals surface area (Å²) in [4.78, 5) is 14.3. The minimum absolute atomic E-state index is 0.133. The summed E-state index contributed by atoms with van der Waals surface area (Å²) in [6.45, 7) is -0.659. The summed E-state index contributed by atoms with van der Waals surface area (Å²) < 4.78 is 0. The van der Waals surface area contributed by atoms with Crippen molar-refractivity contribution in [2.75, 3.05) is 6.61 Å². The second kappa shape index (κ2) is 6.68. The zero-order valence-electron chi connectivity index (χ0n) is 11.2. The van der Waals surface area contributed by atoms with Crippen LogP contribution in [0, 0.1) is 0 Å². The van der Waals surface area contributed by atoms with E-state index in [1.807, 2.05) is 24.3 Å². The topological polar surface area (TPSA) is 126 Å². The third kappa shape index (κ3) is 3.59. The van der Waals surface area contributed by atoms with E-state index in [1.165, 1.54) is 0 Å². The average Bonchev–Trinajstić information content (AvgIpc) is 2.88. The van der Waals surface area contributed by atoms with Crippen LogP contribution in [0.15, 0.2) is 30.5 Å². The van der Waals surface area contributed by atoms with Gasteiger partial charge in [-0.15, -0.1) is 0 Å². The second-order valence-corrected chi connectivity index (χ2v) is 4.82. The molecular formula is C14H18N2O5. The van der Waals surface area contributed by atoms with E-state index in [0.717, 1.165) is 16.5 Å². The van der Waals surface area contributed by atoms with Gasteiger partial charge in [-0.2, -0.15) is 0 Å². The van der Waals surface area contributed by atoms with Crippen molar-refractivity contribution in [1.29, 1.82) is 0 Å².